The van der Waals surface area contributed by atoms with Crippen LogP contribution >= 0.6 is 7.82 Å². The predicted molar refractivity (Wildman–Crippen MR) is 25.2 cm³/mol. The average molecular weight is 200 g/mol. The van der Waals surface area contributed by atoms with E-state index in [1.807, 2.05) is 0 Å². The molecule has 0 aliphatic carbocycles. The largest absolute Gasteiger partial charge is 1.00 e. The molecule has 56 valence electrons. The Labute approximate surface area is 109 Å². The van der Waals surface area contributed by atoms with Gasteiger partial charge in [-0.2, -0.15) is 0 Å². The van der Waals surface area contributed by atoms with Gasteiger partial charge in [0.2, 0.25) is 0 Å². The minimum absolute atomic E-state index is 0. The molecule has 0 aromatic heterocycles. The van der Waals surface area contributed by atoms with Crippen molar-refractivity contribution in [3.8, 4) is 0 Å². The van der Waals surface area contributed by atoms with Crippen molar-refractivity contribution in [1.29, 1.82) is 0 Å². The van der Waals surface area contributed by atoms with E-state index in [1.165, 1.54) is 6.92 Å². The van der Waals surface area contributed by atoms with Crippen molar-refractivity contribution >= 4 is 7.82 Å². The summed E-state index contributed by atoms with van der Waals surface area (Å²) in [7, 11) is -4.88. The second-order valence-corrected chi connectivity index (χ2v) is 2.74. The SMILES string of the molecule is CC(O)COP(=O)([O-])[O-].[Na+].[Na+]. The van der Waals surface area contributed by atoms with Gasteiger partial charge in [-0.25, -0.2) is 0 Å². The fourth-order valence-electron chi connectivity index (χ4n) is 0.199. The number of phosphoric ester groups is 1. The second kappa shape index (κ2) is 8.66. The van der Waals surface area contributed by atoms with Gasteiger partial charge in [0.25, 0.3) is 0 Å². The summed E-state index contributed by atoms with van der Waals surface area (Å²) in [6.45, 7) is 0.847. The molecule has 0 aliphatic heterocycles. The molecule has 0 saturated carbocycles. The zero-order valence-electron chi connectivity index (χ0n) is 6.81. The molecule has 0 spiro atoms. The van der Waals surface area contributed by atoms with E-state index in [9.17, 15) is 14.4 Å². The quantitative estimate of drug-likeness (QED) is 0.360. The van der Waals surface area contributed by atoms with E-state index in [2.05, 4.69) is 4.52 Å². The fourth-order valence-corrected chi connectivity index (χ4v) is 0.597. The van der Waals surface area contributed by atoms with Crippen LogP contribution in [-0.2, 0) is 9.09 Å². The number of hydrogen-bond acceptors (Lipinski definition) is 5. The average Bonchev–Trinajstić information content (AvgIpc) is 1.59. The summed E-state index contributed by atoms with van der Waals surface area (Å²) in [4.78, 5) is 19.3. The molecule has 0 aromatic rings. The van der Waals surface area contributed by atoms with Gasteiger partial charge in [0, 0.05) is 0 Å². The molecule has 1 unspecified atom stereocenters. The molecule has 0 aliphatic rings. The van der Waals surface area contributed by atoms with Gasteiger partial charge >= 0.3 is 59.1 Å². The van der Waals surface area contributed by atoms with Crippen molar-refractivity contribution in [3.63, 3.8) is 0 Å². The number of hydrogen-bond donors (Lipinski definition) is 1. The smallest absolute Gasteiger partial charge is 0.790 e. The maximum atomic E-state index is 9.67. The molecule has 1 atom stereocenters. The standard InChI is InChI=1S/C3H9O5P.2Na/c1-3(4)2-8-9(5,6)7;;/h3-4H,2H2,1H3,(H2,5,6,7);;/q;2*+1/p-2. The van der Waals surface area contributed by atoms with E-state index in [-0.39, 0.29) is 59.1 Å². The first-order valence-electron chi connectivity index (χ1n) is 2.26. The second-order valence-electron chi connectivity index (χ2n) is 1.59. The first kappa shape index (κ1) is 18.8. The van der Waals surface area contributed by atoms with Crippen LogP contribution in [0.1, 0.15) is 6.92 Å². The molecule has 0 saturated heterocycles. The molecular formula is C3H7Na2O5P. The minimum Gasteiger partial charge on any atom is -0.790 e. The first-order valence-corrected chi connectivity index (χ1v) is 3.72. The van der Waals surface area contributed by atoms with Gasteiger partial charge in [-0.1, -0.05) is 0 Å². The summed E-state index contributed by atoms with van der Waals surface area (Å²) in [6, 6.07) is 0. The van der Waals surface area contributed by atoms with Crippen LogP contribution in [-0.4, -0.2) is 17.8 Å². The minimum atomic E-state index is -4.88. The van der Waals surface area contributed by atoms with Crippen LogP contribution in [0.5, 0.6) is 0 Å². The molecular weight excluding hydrogens is 193 g/mol. The Morgan fingerprint density at radius 3 is 2.00 bits per heavy atom. The van der Waals surface area contributed by atoms with Gasteiger partial charge in [-0.3, -0.25) is 0 Å². The summed E-state index contributed by atoms with van der Waals surface area (Å²) in [5, 5.41) is 8.39. The molecule has 5 nitrogen and oxygen atoms in total. The van der Waals surface area contributed by atoms with Crippen molar-refractivity contribution in [2.24, 2.45) is 0 Å². The Morgan fingerprint density at radius 1 is 1.55 bits per heavy atom. The van der Waals surface area contributed by atoms with Crippen molar-refractivity contribution < 1.29 is 83.1 Å². The Balaban J connectivity index is -0.000000320. The van der Waals surface area contributed by atoms with Crippen molar-refractivity contribution in [1.82, 2.24) is 0 Å². The molecule has 11 heavy (non-hydrogen) atoms. The fraction of sp³-hybridized carbons (Fsp3) is 1.00. The van der Waals surface area contributed by atoms with E-state index in [0.717, 1.165) is 0 Å². The van der Waals surface area contributed by atoms with E-state index in [1.54, 1.807) is 0 Å². The molecule has 0 fully saturated rings. The monoisotopic (exact) mass is 200 g/mol. The zero-order valence-corrected chi connectivity index (χ0v) is 11.7. The molecule has 1 N–H and O–H groups in total. The maximum absolute atomic E-state index is 9.67. The summed E-state index contributed by atoms with van der Waals surface area (Å²) >= 11 is 0. The van der Waals surface area contributed by atoms with Crippen LogP contribution < -0.4 is 68.9 Å². The van der Waals surface area contributed by atoms with Crippen LogP contribution in [0.25, 0.3) is 0 Å². The number of aliphatic hydroxyl groups excluding tert-OH is 1. The van der Waals surface area contributed by atoms with Crippen molar-refractivity contribution in [2.75, 3.05) is 6.61 Å². The van der Waals surface area contributed by atoms with Crippen LogP contribution in [0.15, 0.2) is 0 Å². The summed E-state index contributed by atoms with van der Waals surface area (Å²) in [6.07, 6.45) is -0.929. The number of rotatable bonds is 3. The van der Waals surface area contributed by atoms with Crippen LogP contribution in [0, 0.1) is 0 Å². The van der Waals surface area contributed by atoms with E-state index in [4.69, 9.17) is 5.11 Å². The van der Waals surface area contributed by atoms with Crippen molar-refractivity contribution in [2.45, 2.75) is 13.0 Å². The molecule has 0 heterocycles. The third-order valence-electron chi connectivity index (χ3n) is 0.474. The summed E-state index contributed by atoms with van der Waals surface area (Å²) in [5.74, 6) is 0. The Kier molecular flexibility index (Phi) is 14.8. The summed E-state index contributed by atoms with van der Waals surface area (Å²) < 4.78 is 13.4. The van der Waals surface area contributed by atoms with Gasteiger partial charge in [0.15, 0.2) is 0 Å². The molecule has 0 aromatic carbocycles. The van der Waals surface area contributed by atoms with Crippen LogP contribution in [0.4, 0.5) is 0 Å². The number of phosphoric acid groups is 1. The van der Waals surface area contributed by atoms with Crippen molar-refractivity contribution in [3.05, 3.63) is 0 Å². The first-order chi connectivity index (χ1) is 3.92. The van der Waals surface area contributed by atoms with Crippen LogP contribution in [0.2, 0.25) is 0 Å². The van der Waals surface area contributed by atoms with E-state index < -0.39 is 20.5 Å². The third-order valence-corrected chi connectivity index (χ3v) is 0.939. The van der Waals surface area contributed by atoms with Gasteiger partial charge in [0.05, 0.1) is 20.5 Å². The topological polar surface area (TPSA) is 92.7 Å². The van der Waals surface area contributed by atoms with Gasteiger partial charge in [0.1, 0.15) is 0 Å². The Morgan fingerprint density at radius 2 is 1.91 bits per heavy atom. The number of aliphatic hydroxyl groups is 1. The zero-order chi connectivity index (χ0) is 7.49. The van der Waals surface area contributed by atoms with Gasteiger partial charge < -0.3 is 24.0 Å². The van der Waals surface area contributed by atoms with E-state index >= 15 is 0 Å². The normalized spacial score (nSPS) is 12.7. The molecule has 8 heteroatoms. The third kappa shape index (κ3) is 18.8. The van der Waals surface area contributed by atoms with Gasteiger partial charge in [-0.05, 0) is 6.92 Å². The predicted octanol–water partition coefficient (Wildman–Crippen LogP) is -7.78. The molecule has 0 radical (unpaired) electrons. The maximum Gasteiger partial charge on any atom is 1.00 e. The molecule has 0 bridgehead atoms. The Bertz CT molecular complexity index is 123. The van der Waals surface area contributed by atoms with Gasteiger partial charge in [-0.15, -0.1) is 0 Å². The van der Waals surface area contributed by atoms with E-state index in [0.29, 0.717) is 0 Å². The molecule has 0 rings (SSSR count). The Hall–Kier alpha value is 2.07. The molecule has 0 amide bonds. The van der Waals surface area contributed by atoms with Crippen LogP contribution in [0.3, 0.4) is 0 Å². The summed E-state index contributed by atoms with van der Waals surface area (Å²) in [5.41, 5.74) is 0.